The van der Waals surface area contributed by atoms with Crippen LogP contribution in [0.15, 0.2) is 116 Å². The number of benzene rings is 4. The zero-order valence-electron chi connectivity index (χ0n) is 17.3. The van der Waals surface area contributed by atoms with E-state index < -0.39 is 0 Å². The maximum absolute atomic E-state index is 4.79. The second kappa shape index (κ2) is 6.63. The Morgan fingerprint density at radius 1 is 0.562 bits per heavy atom. The van der Waals surface area contributed by atoms with Crippen molar-refractivity contribution < 1.29 is 0 Å². The summed E-state index contributed by atoms with van der Waals surface area (Å²) in [5.74, 6) is 0.939. The highest BCUT2D eigenvalue weighted by atomic mass is 15.3. The maximum Gasteiger partial charge on any atom is 0.336 e. The number of rotatable bonds is 2. The molecule has 2 aliphatic rings. The fourth-order valence-electron chi connectivity index (χ4n) is 5.18. The zero-order chi connectivity index (χ0) is 21.1. The molecule has 0 saturated heterocycles. The van der Waals surface area contributed by atoms with Crippen LogP contribution < -0.4 is 20.7 Å². The van der Waals surface area contributed by atoms with Crippen LogP contribution in [0.5, 0.6) is 0 Å². The number of para-hydroxylation sites is 3. The molecule has 5 aromatic rings. The Kier molecular flexibility index (Phi) is 3.61. The van der Waals surface area contributed by atoms with E-state index in [1.165, 1.54) is 28.0 Å². The SMILES string of the molecule is c1ccc(N2c3ccccc3B3c4c2cccc4N(c2ccccc2)c2nccn23)cc1. The molecule has 0 radical (unpaired) electrons. The third-order valence-corrected chi connectivity index (χ3v) is 6.44. The monoisotopic (exact) mass is 410 g/mol. The van der Waals surface area contributed by atoms with E-state index in [-0.39, 0.29) is 6.85 Å². The van der Waals surface area contributed by atoms with E-state index >= 15 is 0 Å². The van der Waals surface area contributed by atoms with Crippen molar-refractivity contribution in [2.24, 2.45) is 0 Å². The van der Waals surface area contributed by atoms with Gasteiger partial charge in [0.25, 0.3) is 0 Å². The Morgan fingerprint density at radius 2 is 1.16 bits per heavy atom. The van der Waals surface area contributed by atoms with Crippen molar-refractivity contribution >= 4 is 52.2 Å². The van der Waals surface area contributed by atoms with Gasteiger partial charge in [-0.25, -0.2) is 4.98 Å². The van der Waals surface area contributed by atoms with Gasteiger partial charge in [-0.15, -0.1) is 0 Å². The molecule has 0 bridgehead atoms. The molecule has 1 aromatic heterocycles. The summed E-state index contributed by atoms with van der Waals surface area (Å²) in [5, 5.41) is 0. The normalized spacial score (nSPS) is 13.4. The van der Waals surface area contributed by atoms with Crippen LogP contribution in [0, 0.1) is 0 Å². The molecule has 4 nitrogen and oxygen atoms in total. The van der Waals surface area contributed by atoms with E-state index in [0.717, 1.165) is 17.3 Å². The molecule has 2 aliphatic heterocycles. The van der Waals surface area contributed by atoms with E-state index in [2.05, 4.69) is 124 Å². The van der Waals surface area contributed by atoms with Crippen LogP contribution >= 0.6 is 0 Å². The lowest BCUT2D eigenvalue weighted by atomic mass is 9.46. The number of anilines is 6. The minimum absolute atomic E-state index is 0.0785. The molecule has 0 amide bonds. The molecule has 4 aromatic carbocycles. The molecule has 0 atom stereocenters. The van der Waals surface area contributed by atoms with Crippen molar-refractivity contribution in [2.45, 2.75) is 0 Å². The minimum atomic E-state index is 0.0785. The van der Waals surface area contributed by atoms with Crippen LogP contribution in [0.1, 0.15) is 0 Å². The van der Waals surface area contributed by atoms with E-state index in [1.54, 1.807) is 0 Å². The number of aromatic nitrogens is 2. The first-order chi connectivity index (χ1) is 15.9. The molecule has 32 heavy (non-hydrogen) atoms. The van der Waals surface area contributed by atoms with Gasteiger partial charge >= 0.3 is 6.85 Å². The average molecular weight is 410 g/mol. The van der Waals surface area contributed by atoms with Gasteiger partial charge in [0.2, 0.25) is 5.95 Å². The molecule has 0 saturated carbocycles. The fraction of sp³-hybridized carbons (Fsp3) is 0. The van der Waals surface area contributed by atoms with Gasteiger partial charge < -0.3 is 9.38 Å². The number of nitrogens with zero attached hydrogens (tertiary/aromatic N) is 4. The maximum atomic E-state index is 4.79. The Hall–Kier alpha value is -4.25. The molecule has 0 fully saturated rings. The Morgan fingerprint density at radius 3 is 1.91 bits per heavy atom. The first kappa shape index (κ1) is 17.4. The summed E-state index contributed by atoms with van der Waals surface area (Å²) < 4.78 is 2.31. The fourth-order valence-corrected chi connectivity index (χ4v) is 5.18. The van der Waals surface area contributed by atoms with Gasteiger partial charge in [-0.3, -0.25) is 4.90 Å². The van der Waals surface area contributed by atoms with Crippen molar-refractivity contribution in [3.63, 3.8) is 0 Å². The molecule has 0 spiro atoms. The van der Waals surface area contributed by atoms with Crippen LogP contribution in [0.4, 0.5) is 34.4 Å². The molecule has 0 unspecified atom stereocenters. The topological polar surface area (TPSA) is 24.3 Å². The van der Waals surface area contributed by atoms with Gasteiger partial charge in [0.05, 0.1) is 0 Å². The predicted octanol–water partition coefficient (Wildman–Crippen LogP) is 5.10. The molecule has 150 valence electrons. The summed E-state index contributed by atoms with van der Waals surface area (Å²) in [5.41, 5.74) is 8.44. The van der Waals surface area contributed by atoms with Gasteiger partial charge in [-0.1, -0.05) is 60.7 Å². The largest absolute Gasteiger partial charge is 0.351 e. The molecule has 0 aliphatic carbocycles. The van der Waals surface area contributed by atoms with Crippen molar-refractivity contribution in [2.75, 3.05) is 9.80 Å². The average Bonchev–Trinajstić information content (AvgIpc) is 3.34. The first-order valence-electron chi connectivity index (χ1n) is 10.9. The van der Waals surface area contributed by atoms with Crippen molar-refractivity contribution in [1.82, 2.24) is 9.46 Å². The lowest BCUT2D eigenvalue weighted by Crippen LogP contribution is -2.58. The summed E-state index contributed by atoms with van der Waals surface area (Å²) in [6.45, 7) is 0.0785. The molecule has 3 heterocycles. The van der Waals surface area contributed by atoms with Gasteiger partial charge in [0.15, 0.2) is 0 Å². The summed E-state index contributed by atoms with van der Waals surface area (Å²) in [4.78, 5) is 9.45. The van der Waals surface area contributed by atoms with Gasteiger partial charge in [0.1, 0.15) is 0 Å². The van der Waals surface area contributed by atoms with Crippen LogP contribution in [0.25, 0.3) is 0 Å². The highest BCUT2D eigenvalue weighted by Gasteiger charge is 2.43. The number of hydrogen-bond acceptors (Lipinski definition) is 3. The Bertz CT molecular complexity index is 1450. The quantitative estimate of drug-likeness (QED) is 0.371. The highest BCUT2D eigenvalue weighted by Crippen LogP contribution is 2.43. The predicted molar refractivity (Wildman–Crippen MR) is 132 cm³/mol. The Balaban J connectivity index is 1.57. The van der Waals surface area contributed by atoms with E-state index in [9.17, 15) is 0 Å². The summed E-state index contributed by atoms with van der Waals surface area (Å²) >= 11 is 0. The molecule has 7 rings (SSSR count). The van der Waals surface area contributed by atoms with Gasteiger partial charge in [-0.05, 0) is 53.4 Å². The zero-order valence-corrected chi connectivity index (χ0v) is 17.3. The molecular weight excluding hydrogens is 391 g/mol. The van der Waals surface area contributed by atoms with Crippen LogP contribution in [0.3, 0.4) is 0 Å². The standard InChI is InChI=1S/C27H19BN4/c1-3-10-20(11-4-1)31-23-15-8-7-14-22(23)28-26-24(31)16-9-17-25(26)32(21-12-5-2-6-13-21)27-29-18-19-30(27)28/h1-19H. The lowest BCUT2D eigenvalue weighted by molar-refractivity contribution is 1.06. The lowest BCUT2D eigenvalue weighted by Gasteiger charge is -2.42. The van der Waals surface area contributed by atoms with Crippen molar-refractivity contribution in [3.05, 3.63) is 116 Å². The molecular formula is C27H19BN4. The van der Waals surface area contributed by atoms with E-state index in [1.807, 2.05) is 6.20 Å². The van der Waals surface area contributed by atoms with E-state index in [4.69, 9.17) is 4.98 Å². The summed E-state index contributed by atoms with van der Waals surface area (Å²) in [6, 6.07) is 36.5. The smallest absolute Gasteiger partial charge is 0.336 e. The van der Waals surface area contributed by atoms with Gasteiger partial charge in [0, 0.05) is 40.8 Å². The van der Waals surface area contributed by atoms with Gasteiger partial charge in [-0.2, -0.15) is 0 Å². The third-order valence-electron chi connectivity index (χ3n) is 6.44. The van der Waals surface area contributed by atoms with Crippen LogP contribution in [-0.4, -0.2) is 16.3 Å². The van der Waals surface area contributed by atoms with E-state index in [0.29, 0.717) is 0 Å². The number of hydrogen-bond donors (Lipinski definition) is 0. The summed E-state index contributed by atoms with van der Waals surface area (Å²) in [7, 11) is 0. The first-order valence-corrected chi connectivity index (χ1v) is 10.9. The van der Waals surface area contributed by atoms with Crippen molar-refractivity contribution in [3.8, 4) is 0 Å². The minimum Gasteiger partial charge on any atom is -0.351 e. The molecule has 5 heteroatoms. The summed E-state index contributed by atoms with van der Waals surface area (Å²) in [6.07, 6.45) is 4.01. The third kappa shape index (κ3) is 2.30. The Labute approximate surface area is 187 Å². The highest BCUT2D eigenvalue weighted by molar-refractivity contribution is 6.89. The molecule has 0 N–H and O–H groups in total. The number of imidazole rings is 1. The van der Waals surface area contributed by atoms with Crippen molar-refractivity contribution in [1.29, 1.82) is 0 Å². The number of fused-ring (bicyclic) bond motifs is 4. The second-order valence-electron chi connectivity index (χ2n) is 8.15. The van der Waals surface area contributed by atoms with Crippen LogP contribution in [0.2, 0.25) is 0 Å². The van der Waals surface area contributed by atoms with Crippen LogP contribution in [-0.2, 0) is 0 Å². The second-order valence-corrected chi connectivity index (χ2v) is 8.15.